The molecule has 1 fully saturated rings. The van der Waals surface area contributed by atoms with E-state index < -0.39 is 0 Å². The number of benzene rings is 1. The lowest BCUT2D eigenvalue weighted by atomic mass is 9.75. The smallest absolute Gasteiger partial charge is 0.0763 e. The molecule has 0 heterocycles. The van der Waals surface area contributed by atoms with Gasteiger partial charge in [-0.3, -0.25) is 0 Å². The maximum Gasteiger partial charge on any atom is 0.0763 e. The molecule has 0 radical (unpaired) electrons. The predicted octanol–water partition coefficient (Wildman–Crippen LogP) is 3.34. The molecule has 1 N–H and O–H groups in total. The molecule has 1 saturated carbocycles. The summed E-state index contributed by atoms with van der Waals surface area (Å²) in [6.07, 6.45) is 10.4. The lowest BCUT2D eigenvalue weighted by Gasteiger charge is -2.46. The summed E-state index contributed by atoms with van der Waals surface area (Å²) in [4.78, 5) is 2.28. The Morgan fingerprint density at radius 1 is 1.05 bits per heavy atom. The second-order valence-corrected chi connectivity index (χ2v) is 7.24. The number of rotatable bonds is 4. The van der Waals surface area contributed by atoms with Crippen LogP contribution < -0.4 is 0 Å². The number of fused-ring (bicyclic) bond motifs is 1. The summed E-state index contributed by atoms with van der Waals surface area (Å²) in [6, 6.07) is 6.87. The van der Waals surface area contributed by atoms with Crippen LogP contribution in [0.15, 0.2) is 18.2 Å². The Labute approximate surface area is 129 Å². The summed E-state index contributed by atoms with van der Waals surface area (Å²) < 4.78 is 0. The number of aryl methyl sites for hydroxylation is 2. The summed E-state index contributed by atoms with van der Waals surface area (Å²) >= 11 is 0. The van der Waals surface area contributed by atoms with Gasteiger partial charge in [0.2, 0.25) is 0 Å². The van der Waals surface area contributed by atoms with E-state index in [1.807, 2.05) is 0 Å². The summed E-state index contributed by atoms with van der Waals surface area (Å²) in [5, 5.41) is 11.0. The van der Waals surface area contributed by atoms with Gasteiger partial charge in [0.25, 0.3) is 0 Å². The van der Waals surface area contributed by atoms with Crippen LogP contribution in [-0.2, 0) is 19.3 Å². The SMILES string of the molecule is CN(C)C1(C(O)Cc2ccc3c(c2)CCC3)CCCCC1. The number of aliphatic hydroxyl groups excluding tert-OH is 1. The quantitative estimate of drug-likeness (QED) is 0.918. The highest BCUT2D eigenvalue weighted by atomic mass is 16.3. The Hall–Kier alpha value is -0.860. The Morgan fingerprint density at radius 3 is 2.48 bits per heavy atom. The van der Waals surface area contributed by atoms with Crippen molar-refractivity contribution in [3.8, 4) is 0 Å². The minimum atomic E-state index is -0.257. The molecule has 21 heavy (non-hydrogen) atoms. The van der Waals surface area contributed by atoms with Crippen LogP contribution in [0.4, 0.5) is 0 Å². The van der Waals surface area contributed by atoms with Crippen molar-refractivity contribution in [2.75, 3.05) is 14.1 Å². The Bertz CT molecular complexity index is 488. The fourth-order valence-electron chi connectivity index (χ4n) is 4.41. The van der Waals surface area contributed by atoms with E-state index in [0.717, 1.165) is 19.3 Å². The molecule has 1 unspecified atom stereocenters. The number of aliphatic hydroxyl groups is 1. The molecule has 2 nitrogen and oxygen atoms in total. The number of hydrogen-bond donors (Lipinski definition) is 1. The second-order valence-electron chi connectivity index (χ2n) is 7.24. The molecule has 0 aromatic heterocycles. The molecule has 0 aliphatic heterocycles. The standard InChI is InChI=1S/C19H29NO/c1-20(2)19(11-4-3-5-12-19)18(21)14-15-9-10-16-7-6-8-17(16)13-15/h9-10,13,18,21H,3-8,11-12,14H2,1-2H3. The zero-order chi connectivity index (χ0) is 14.9. The van der Waals surface area contributed by atoms with Gasteiger partial charge in [-0.05, 0) is 62.9 Å². The summed E-state index contributed by atoms with van der Waals surface area (Å²) in [5.41, 5.74) is 4.34. The molecular weight excluding hydrogens is 258 g/mol. The van der Waals surface area contributed by atoms with E-state index in [0.29, 0.717) is 0 Å². The van der Waals surface area contributed by atoms with Gasteiger partial charge in [0.15, 0.2) is 0 Å². The molecule has 116 valence electrons. The van der Waals surface area contributed by atoms with Gasteiger partial charge >= 0.3 is 0 Å². The van der Waals surface area contributed by atoms with Crippen molar-refractivity contribution in [3.05, 3.63) is 34.9 Å². The molecule has 0 spiro atoms. The van der Waals surface area contributed by atoms with Crippen LogP contribution in [0.2, 0.25) is 0 Å². The lowest BCUT2D eigenvalue weighted by Crippen LogP contribution is -2.55. The van der Waals surface area contributed by atoms with Crippen LogP contribution in [0.5, 0.6) is 0 Å². The fraction of sp³-hybridized carbons (Fsp3) is 0.684. The van der Waals surface area contributed by atoms with Crippen LogP contribution in [0, 0.1) is 0 Å². The van der Waals surface area contributed by atoms with Crippen molar-refractivity contribution in [1.82, 2.24) is 4.90 Å². The van der Waals surface area contributed by atoms with Crippen molar-refractivity contribution < 1.29 is 5.11 Å². The topological polar surface area (TPSA) is 23.5 Å². The predicted molar refractivity (Wildman–Crippen MR) is 87.7 cm³/mol. The van der Waals surface area contributed by atoms with Gasteiger partial charge in [-0.15, -0.1) is 0 Å². The average Bonchev–Trinajstić information content (AvgIpc) is 2.95. The number of nitrogens with zero attached hydrogens (tertiary/aromatic N) is 1. The van der Waals surface area contributed by atoms with Crippen molar-refractivity contribution >= 4 is 0 Å². The highest BCUT2D eigenvalue weighted by molar-refractivity contribution is 5.35. The normalized spacial score (nSPS) is 22.3. The molecule has 1 aromatic carbocycles. The van der Waals surface area contributed by atoms with Crippen molar-refractivity contribution in [2.45, 2.75) is 69.4 Å². The van der Waals surface area contributed by atoms with E-state index >= 15 is 0 Å². The van der Waals surface area contributed by atoms with E-state index in [1.165, 1.54) is 55.2 Å². The highest BCUT2D eigenvalue weighted by Gasteiger charge is 2.40. The number of hydrogen-bond acceptors (Lipinski definition) is 2. The first-order valence-corrected chi connectivity index (χ1v) is 8.58. The lowest BCUT2D eigenvalue weighted by molar-refractivity contribution is -0.0310. The van der Waals surface area contributed by atoms with E-state index in [-0.39, 0.29) is 11.6 Å². The highest BCUT2D eigenvalue weighted by Crippen LogP contribution is 2.36. The number of likely N-dealkylation sites (N-methyl/N-ethyl adjacent to an activating group) is 1. The minimum absolute atomic E-state index is 0.0166. The van der Waals surface area contributed by atoms with Crippen LogP contribution in [0.1, 0.15) is 55.2 Å². The zero-order valence-corrected chi connectivity index (χ0v) is 13.6. The Morgan fingerprint density at radius 2 is 1.76 bits per heavy atom. The molecule has 2 aliphatic carbocycles. The maximum atomic E-state index is 11.0. The van der Waals surface area contributed by atoms with Gasteiger partial charge in [-0.1, -0.05) is 37.5 Å². The van der Waals surface area contributed by atoms with Gasteiger partial charge < -0.3 is 10.0 Å². The first kappa shape index (κ1) is 15.1. The minimum Gasteiger partial charge on any atom is -0.391 e. The monoisotopic (exact) mass is 287 g/mol. The third-order valence-corrected chi connectivity index (χ3v) is 5.82. The summed E-state index contributed by atoms with van der Waals surface area (Å²) in [5.74, 6) is 0. The largest absolute Gasteiger partial charge is 0.391 e. The Kier molecular flexibility index (Phi) is 4.37. The van der Waals surface area contributed by atoms with Gasteiger partial charge in [0.05, 0.1) is 6.10 Å². The molecular formula is C19H29NO. The van der Waals surface area contributed by atoms with E-state index in [1.54, 1.807) is 0 Å². The summed E-state index contributed by atoms with van der Waals surface area (Å²) in [6.45, 7) is 0. The van der Waals surface area contributed by atoms with E-state index in [2.05, 4.69) is 37.2 Å². The van der Waals surface area contributed by atoms with E-state index in [4.69, 9.17) is 0 Å². The van der Waals surface area contributed by atoms with Gasteiger partial charge in [0.1, 0.15) is 0 Å². The molecule has 0 amide bonds. The molecule has 2 heteroatoms. The Balaban J connectivity index is 1.76. The van der Waals surface area contributed by atoms with Gasteiger partial charge in [0, 0.05) is 12.0 Å². The van der Waals surface area contributed by atoms with Crippen molar-refractivity contribution in [1.29, 1.82) is 0 Å². The second kappa shape index (κ2) is 6.10. The van der Waals surface area contributed by atoms with E-state index in [9.17, 15) is 5.11 Å². The third-order valence-electron chi connectivity index (χ3n) is 5.82. The molecule has 1 aromatic rings. The molecule has 0 bridgehead atoms. The third kappa shape index (κ3) is 2.89. The molecule has 3 rings (SSSR count). The van der Waals surface area contributed by atoms with Gasteiger partial charge in [-0.25, -0.2) is 0 Å². The molecule has 0 saturated heterocycles. The van der Waals surface area contributed by atoms with Crippen LogP contribution in [-0.4, -0.2) is 35.7 Å². The van der Waals surface area contributed by atoms with Crippen LogP contribution in [0.25, 0.3) is 0 Å². The molecule has 2 aliphatic rings. The molecule has 1 atom stereocenters. The summed E-state index contributed by atoms with van der Waals surface area (Å²) in [7, 11) is 4.27. The van der Waals surface area contributed by atoms with Crippen LogP contribution >= 0.6 is 0 Å². The van der Waals surface area contributed by atoms with Crippen molar-refractivity contribution in [2.24, 2.45) is 0 Å². The zero-order valence-electron chi connectivity index (χ0n) is 13.6. The van der Waals surface area contributed by atoms with Crippen LogP contribution in [0.3, 0.4) is 0 Å². The first-order chi connectivity index (χ1) is 10.1. The van der Waals surface area contributed by atoms with Gasteiger partial charge in [-0.2, -0.15) is 0 Å². The van der Waals surface area contributed by atoms with Crippen molar-refractivity contribution in [3.63, 3.8) is 0 Å². The maximum absolute atomic E-state index is 11.0. The average molecular weight is 287 g/mol. The fourth-order valence-corrected chi connectivity index (χ4v) is 4.41. The first-order valence-electron chi connectivity index (χ1n) is 8.58.